The molecule has 0 bridgehead atoms. The summed E-state index contributed by atoms with van der Waals surface area (Å²) in [6.45, 7) is 2.69. The normalized spacial score (nSPS) is 16.2. The minimum Gasteiger partial charge on any atom is -0.369 e. The highest BCUT2D eigenvalue weighted by atomic mass is 32.2. The molecule has 0 saturated carbocycles. The summed E-state index contributed by atoms with van der Waals surface area (Å²) in [5.41, 5.74) is 13.5. The molecule has 0 spiro atoms. The third-order valence-corrected chi connectivity index (χ3v) is 4.93. The molecule has 2 aromatic carbocycles. The first-order valence-corrected chi connectivity index (χ1v) is 8.62. The zero-order chi connectivity index (χ0) is 16.1. The summed E-state index contributed by atoms with van der Waals surface area (Å²) < 4.78 is 0. The second-order valence-corrected chi connectivity index (χ2v) is 6.51. The Hall–Kier alpha value is -2.27. The fraction of sp³-hybridized carbons (Fsp3) is 0.222. The highest BCUT2D eigenvalue weighted by Crippen LogP contribution is 2.32. The van der Waals surface area contributed by atoms with Gasteiger partial charge < -0.3 is 5.73 Å². The molecule has 118 valence electrons. The molecule has 1 aliphatic rings. The summed E-state index contributed by atoms with van der Waals surface area (Å²) in [5, 5.41) is 4.48. The van der Waals surface area contributed by atoms with E-state index >= 15 is 0 Å². The second kappa shape index (κ2) is 7.33. The van der Waals surface area contributed by atoms with Crippen molar-refractivity contribution in [1.29, 1.82) is 0 Å². The molecule has 3 N–H and O–H groups in total. The molecule has 5 heteroatoms. The van der Waals surface area contributed by atoms with Crippen molar-refractivity contribution in [2.45, 2.75) is 24.8 Å². The molecule has 23 heavy (non-hydrogen) atoms. The average molecular weight is 324 g/mol. The minimum absolute atomic E-state index is 0.341. The van der Waals surface area contributed by atoms with Crippen LogP contribution in [0.4, 0.5) is 0 Å². The summed E-state index contributed by atoms with van der Waals surface area (Å²) >= 11 is 1.89. The maximum Gasteiger partial charge on any atom is 0.209 e. The molecule has 0 aliphatic carbocycles. The van der Waals surface area contributed by atoms with Gasteiger partial charge in [0.1, 0.15) is 0 Å². The van der Waals surface area contributed by atoms with E-state index in [9.17, 15) is 0 Å². The van der Waals surface area contributed by atoms with Gasteiger partial charge in [0.25, 0.3) is 0 Å². The molecule has 3 rings (SSSR count). The minimum atomic E-state index is 0.341. The number of hydrogen-bond donors (Lipinski definition) is 2. The summed E-state index contributed by atoms with van der Waals surface area (Å²) in [5.74, 6) is 1.38. The van der Waals surface area contributed by atoms with Crippen LogP contribution in [0.25, 0.3) is 0 Å². The molecule has 2 aromatic rings. The van der Waals surface area contributed by atoms with E-state index in [0.29, 0.717) is 12.5 Å². The number of hydrazone groups is 1. The summed E-state index contributed by atoms with van der Waals surface area (Å²) in [7, 11) is 0. The van der Waals surface area contributed by atoms with Crippen LogP contribution in [-0.2, 0) is 6.54 Å². The molecule has 1 heterocycles. The lowest BCUT2D eigenvalue weighted by atomic mass is 10.0. The molecule has 0 radical (unpaired) electrons. The van der Waals surface area contributed by atoms with E-state index in [0.717, 1.165) is 23.4 Å². The van der Waals surface area contributed by atoms with Crippen molar-refractivity contribution in [3.63, 3.8) is 0 Å². The van der Waals surface area contributed by atoms with Gasteiger partial charge in [0.2, 0.25) is 5.96 Å². The number of aliphatic imine (C=N–C) groups is 1. The van der Waals surface area contributed by atoms with E-state index in [-0.39, 0.29) is 0 Å². The first kappa shape index (κ1) is 15.6. The Morgan fingerprint density at radius 2 is 2.00 bits per heavy atom. The summed E-state index contributed by atoms with van der Waals surface area (Å²) in [6, 6.07) is 16.4. The molecular formula is C18H20N4S. The number of hydrogen-bond acceptors (Lipinski definition) is 3. The topological polar surface area (TPSA) is 62.8 Å². The van der Waals surface area contributed by atoms with Crippen LogP contribution in [0.15, 0.2) is 63.5 Å². The van der Waals surface area contributed by atoms with Crippen LogP contribution in [0.2, 0.25) is 0 Å². The van der Waals surface area contributed by atoms with Crippen LogP contribution < -0.4 is 11.2 Å². The highest BCUT2D eigenvalue weighted by molar-refractivity contribution is 7.99. The maximum absolute atomic E-state index is 5.92. The lowest BCUT2D eigenvalue weighted by molar-refractivity contribution is 0.947. The average Bonchev–Trinajstić information content (AvgIpc) is 2.59. The number of thioether (sulfide) groups is 1. The van der Waals surface area contributed by atoms with E-state index in [1.165, 1.54) is 16.0 Å². The number of benzene rings is 2. The van der Waals surface area contributed by atoms with Gasteiger partial charge in [-0.2, -0.15) is 5.10 Å². The second-order valence-electron chi connectivity index (χ2n) is 5.41. The SMILES string of the molecule is Cc1cccc2c1SCC/C2=N\NC(N)=NCc1ccccc1. The third-order valence-electron chi connectivity index (χ3n) is 3.69. The maximum atomic E-state index is 5.92. The fourth-order valence-electron chi connectivity index (χ4n) is 2.49. The number of nitrogens with one attached hydrogen (secondary N) is 1. The lowest BCUT2D eigenvalue weighted by Gasteiger charge is -2.19. The van der Waals surface area contributed by atoms with Crippen molar-refractivity contribution in [2.24, 2.45) is 15.8 Å². The Bertz CT molecular complexity index is 738. The van der Waals surface area contributed by atoms with E-state index in [2.05, 4.69) is 40.6 Å². The molecule has 4 nitrogen and oxygen atoms in total. The van der Waals surface area contributed by atoms with E-state index in [1.54, 1.807) is 0 Å². The van der Waals surface area contributed by atoms with Gasteiger partial charge in [-0.05, 0) is 18.1 Å². The largest absolute Gasteiger partial charge is 0.369 e. The predicted molar refractivity (Wildman–Crippen MR) is 98.0 cm³/mol. The number of rotatable bonds is 3. The van der Waals surface area contributed by atoms with Gasteiger partial charge in [0.15, 0.2) is 0 Å². The van der Waals surface area contributed by atoms with Gasteiger partial charge in [0, 0.05) is 22.6 Å². The van der Waals surface area contributed by atoms with Crippen molar-refractivity contribution in [2.75, 3.05) is 5.75 Å². The van der Waals surface area contributed by atoms with Crippen molar-refractivity contribution < 1.29 is 0 Å². The van der Waals surface area contributed by atoms with Gasteiger partial charge >= 0.3 is 0 Å². The smallest absolute Gasteiger partial charge is 0.209 e. The quantitative estimate of drug-likeness (QED) is 0.517. The summed E-state index contributed by atoms with van der Waals surface area (Å²) in [4.78, 5) is 5.64. The van der Waals surface area contributed by atoms with Gasteiger partial charge in [-0.1, -0.05) is 48.5 Å². The molecule has 0 aromatic heterocycles. The predicted octanol–water partition coefficient (Wildman–Crippen LogP) is 3.30. The van der Waals surface area contributed by atoms with Crippen LogP contribution in [0.3, 0.4) is 0 Å². The molecule has 0 saturated heterocycles. The molecule has 0 atom stereocenters. The molecule has 0 fully saturated rings. The van der Waals surface area contributed by atoms with Crippen LogP contribution in [0, 0.1) is 6.92 Å². The Morgan fingerprint density at radius 1 is 1.17 bits per heavy atom. The van der Waals surface area contributed by atoms with Crippen LogP contribution in [0.5, 0.6) is 0 Å². The number of nitrogens with zero attached hydrogens (tertiary/aromatic N) is 2. The Labute approximate surface area is 140 Å². The van der Waals surface area contributed by atoms with E-state index < -0.39 is 0 Å². The first-order valence-electron chi connectivity index (χ1n) is 7.63. The van der Waals surface area contributed by atoms with Crippen LogP contribution in [-0.4, -0.2) is 17.4 Å². The van der Waals surface area contributed by atoms with Crippen molar-refractivity contribution in [3.8, 4) is 0 Å². The van der Waals surface area contributed by atoms with Crippen LogP contribution in [0.1, 0.15) is 23.1 Å². The number of aryl methyl sites for hydroxylation is 1. The number of fused-ring (bicyclic) bond motifs is 1. The van der Waals surface area contributed by atoms with Crippen molar-refractivity contribution in [1.82, 2.24) is 5.43 Å². The lowest BCUT2D eigenvalue weighted by Crippen LogP contribution is -2.29. The van der Waals surface area contributed by atoms with Gasteiger partial charge in [0.05, 0.1) is 12.3 Å². The van der Waals surface area contributed by atoms with Crippen LogP contribution >= 0.6 is 11.8 Å². The zero-order valence-corrected chi connectivity index (χ0v) is 13.9. The number of nitrogens with two attached hydrogens (primary N) is 1. The standard InChI is InChI=1S/C18H20N4S/c1-13-6-5-9-15-16(10-11-23-17(13)15)21-22-18(19)20-12-14-7-3-2-4-8-14/h2-9H,10-12H2,1H3,(H3,19,20,22)/b21-16+. The zero-order valence-electron chi connectivity index (χ0n) is 13.1. The molecule has 0 amide bonds. The Kier molecular flexibility index (Phi) is 4.98. The van der Waals surface area contributed by atoms with Gasteiger partial charge in [-0.3, -0.25) is 0 Å². The monoisotopic (exact) mass is 324 g/mol. The van der Waals surface area contributed by atoms with Crippen molar-refractivity contribution in [3.05, 3.63) is 65.2 Å². The Balaban J connectivity index is 1.70. The van der Waals surface area contributed by atoms with Crippen molar-refractivity contribution >= 4 is 23.4 Å². The highest BCUT2D eigenvalue weighted by Gasteiger charge is 2.17. The third kappa shape index (κ3) is 3.93. The number of guanidine groups is 1. The molecule has 1 aliphatic heterocycles. The van der Waals surface area contributed by atoms with E-state index in [4.69, 9.17) is 5.73 Å². The molecule has 0 unspecified atom stereocenters. The van der Waals surface area contributed by atoms with Gasteiger partial charge in [-0.25, -0.2) is 10.4 Å². The Morgan fingerprint density at radius 3 is 2.83 bits per heavy atom. The van der Waals surface area contributed by atoms with E-state index in [1.807, 2.05) is 42.1 Å². The summed E-state index contributed by atoms with van der Waals surface area (Å²) in [6.07, 6.45) is 0.931. The van der Waals surface area contributed by atoms with Gasteiger partial charge in [-0.15, -0.1) is 11.8 Å². The first-order chi connectivity index (χ1) is 11.2. The fourth-order valence-corrected chi connectivity index (χ4v) is 3.63. The molecular weight excluding hydrogens is 304 g/mol.